The van der Waals surface area contributed by atoms with E-state index in [4.69, 9.17) is 17.0 Å². The van der Waals surface area contributed by atoms with E-state index < -0.39 is 7.14 Å². The first kappa shape index (κ1) is 14.3. The summed E-state index contributed by atoms with van der Waals surface area (Å²) in [7, 11) is -2.51. The highest BCUT2D eigenvalue weighted by Gasteiger charge is 2.19. The molecule has 4 N–H and O–H groups in total. The van der Waals surface area contributed by atoms with Crippen molar-refractivity contribution in [1.82, 2.24) is 5.48 Å². The first-order valence-corrected chi connectivity index (χ1v) is 7.87. The number of hydroxylamine groups is 1. The van der Waals surface area contributed by atoms with E-state index in [1.165, 1.54) is 0 Å². The molecule has 0 saturated carbocycles. The quantitative estimate of drug-likeness (QED) is 0.217. The summed E-state index contributed by atoms with van der Waals surface area (Å²) in [5.74, 6) is 2.25. The molecule has 96 valence electrons. The Bertz CT molecular complexity index is 543. The monoisotopic (exact) mass is 265 g/mol. The van der Waals surface area contributed by atoms with E-state index in [0.717, 1.165) is 0 Å². The maximum Gasteiger partial charge on any atom is 0.151 e. The van der Waals surface area contributed by atoms with Crippen molar-refractivity contribution >= 4 is 24.0 Å². The standard InChI is InChI=1S/C12H16N3O2P/c1-4-8-14-11-9(12(13)15-16)6-5-7-10(11)18(2,3)17/h1,5-7,14,16H,8H2,2-3H3,(H2,13,15). The number of hydrogen-bond donors (Lipinski definition) is 4. The van der Waals surface area contributed by atoms with Crippen LogP contribution in [0.5, 0.6) is 0 Å². The van der Waals surface area contributed by atoms with Gasteiger partial charge < -0.3 is 9.88 Å². The van der Waals surface area contributed by atoms with Crippen molar-refractivity contribution < 1.29 is 9.77 Å². The third kappa shape index (κ3) is 3.13. The van der Waals surface area contributed by atoms with E-state index >= 15 is 0 Å². The van der Waals surface area contributed by atoms with Crippen LogP contribution in [0.3, 0.4) is 0 Å². The number of terminal acetylenes is 1. The Morgan fingerprint density at radius 2 is 2.22 bits per heavy atom. The molecule has 0 unspecified atom stereocenters. The number of para-hydroxylation sites is 1. The molecule has 1 rings (SSSR count). The lowest BCUT2D eigenvalue weighted by molar-refractivity contribution is 0.234. The van der Waals surface area contributed by atoms with Crippen LogP contribution < -0.4 is 16.1 Å². The summed E-state index contributed by atoms with van der Waals surface area (Å²) in [5, 5.41) is 20.0. The summed E-state index contributed by atoms with van der Waals surface area (Å²) in [6.45, 7) is 3.54. The summed E-state index contributed by atoms with van der Waals surface area (Å²) in [6.07, 6.45) is 5.19. The average molecular weight is 265 g/mol. The van der Waals surface area contributed by atoms with Gasteiger partial charge in [0.15, 0.2) is 5.84 Å². The Kier molecular flexibility index (Phi) is 4.55. The fourth-order valence-electron chi connectivity index (χ4n) is 1.58. The van der Waals surface area contributed by atoms with E-state index in [1.54, 1.807) is 37.0 Å². The molecule has 1 aromatic carbocycles. The fraction of sp³-hybridized carbons (Fsp3) is 0.250. The van der Waals surface area contributed by atoms with Gasteiger partial charge in [-0.25, -0.2) is 0 Å². The van der Waals surface area contributed by atoms with Crippen LogP contribution in [0.15, 0.2) is 18.2 Å². The van der Waals surface area contributed by atoms with Gasteiger partial charge in [0, 0.05) is 10.9 Å². The number of hydrogen-bond acceptors (Lipinski definition) is 4. The molecular weight excluding hydrogens is 249 g/mol. The topological polar surface area (TPSA) is 85.2 Å². The molecule has 0 aliphatic rings. The first-order chi connectivity index (χ1) is 8.41. The van der Waals surface area contributed by atoms with Crippen molar-refractivity contribution in [3.8, 4) is 12.3 Å². The van der Waals surface area contributed by atoms with Crippen LogP contribution in [0.4, 0.5) is 5.69 Å². The van der Waals surface area contributed by atoms with Gasteiger partial charge in [0.05, 0.1) is 12.2 Å². The second-order valence-corrected chi connectivity index (χ2v) is 7.28. The SMILES string of the molecule is C#CCNc1c(C(=N)NO)cccc1P(C)(C)=O. The van der Waals surface area contributed by atoms with E-state index in [-0.39, 0.29) is 12.4 Å². The zero-order valence-corrected chi connectivity index (χ0v) is 11.2. The molecule has 0 atom stereocenters. The van der Waals surface area contributed by atoms with Crippen molar-refractivity contribution in [2.45, 2.75) is 0 Å². The van der Waals surface area contributed by atoms with Gasteiger partial charge in [0.2, 0.25) is 0 Å². The van der Waals surface area contributed by atoms with Gasteiger partial charge in [-0.3, -0.25) is 16.1 Å². The molecule has 6 heteroatoms. The lowest BCUT2D eigenvalue weighted by atomic mass is 10.1. The lowest BCUT2D eigenvalue weighted by Crippen LogP contribution is -2.24. The summed E-state index contributed by atoms with van der Waals surface area (Å²) in [6, 6.07) is 5.06. The normalized spacial score (nSPS) is 10.6. The summed E-state index contributed by atoms with van der Waals surface area (Å²) >= 11 is 0. The van der Waals surface area contributed by atoms with Gasteiger partial charge in [-0.15, -0.1) is 6.42 Å². The Morgan fingerprint density at radius 3 is 2.72 bits per heavy atom. The van der Waals surface area contributed by atoms with E-state index in [9.17, 15) is 4.57 Å². The van der Waals surface area contributed by atoms with Crippen LogP contribution in [0, 0.1) is 17.8 Å². The summed E-state index contributed by atoms with van der Waals surface area (Å²) in [5.41, 5.74) is 2.73. The number of amidine groups is 1. The van der Waals surface area contributed by atoms with Crippen LogP contribution in [-0.4, -0.2) is 30.9 Å². The highest BCUT2D eigenvalue weighted by molar-refractivity contribution is 7.70. The van der Waals surface area contributed by atoms with Gasteiger partial charge in [0.1, 0.15) is 7.14 Å². The average Bonchev–Trinajstić information content (AvgIpc) is 2.33. The van der Waals surface area contributed by atoms with Crippen LogP contribution >= 0.6 is 7.14 Å². The minimum atomic E-state index is -2.51. The highest BCUT2D eigenvalue weighted by Crippen LogP contribution is 2.38. The molecule has 5 nitrogen and oxygen atoms in total. The number of nitrogens with one attached hydrogen (secondary N) is 3. The Morgan fingerprint density at radius 1 is 1.56 bits per heavy atom. The Labute approximate surface area is 106 Å². The van der Waals surface area contributed by atoms with Crippen molar-refractivity contribution in [2.75, 3.05) is 25.2 Å². The predicted octanol–water partition coefficient (Wildman–Crippen LogP) is 1.28. The maximum absolute atomic E-state index is 12.2. The molecule has 1 aromatic rings. The van der Waals surface area contributed by atoms with Crippen molar-refractivity contribution in [1.29, 1.82) is 5.41 Å². The molecule has 0 amide bonds. The Balaban J connectivity index is 3.40. The largest absolute Gasteiger partial charge is 0.373 e. The van der Waals surface area contributed by atoms with Crippen molar-refractivity contribution in [3.05, 3.63) is 23.8 Å². The third-order valence-electron chi connectivity index (χ3n) is 2.37. The molecule has 0 aromatic heterocycles. The van der Waals surface area contributed by atoms with Gasteiger partial charge in [0.25, 0.3) is 0 Å². The fourth-order valence-corrected chi connectivity index (χ4v) is 2.77. The lowest BCUT2D eigenvalue weighted by Gasteiger charge is -2.18. The van der Waals surface area contributed by atoms with E-state index in [0.29, 0.717) is 16.6 Å². The van der Waals surface area contributed by atoms with Gasteiger partial charge in [-0.05, 0) is 25.5 Å². The van der Waals surface area contributed by atoms with Crippen LogP contribution in [0.2, 0.25) is 0 Å². The second kappa shape index (κ2) is 5.72. The molecule has 0 spiro atoms. The van der Waals surface area contributed by atoms with E-state index in [2.05, 4.69) is 11.2 Å². The zero-order chi connectivity index (χ0) is 13.8. The van der Waals surface area contributed by atoms with Gasteiger partial charge in [-0.1, -0.05) is 12.0 Å². The minimum Gasteiger partial charge on any atom is -0.373 e. The van der Waals surface area contributed by atoms with Crippen LogP contribution in [0.25, 0.3) is 0 Å². The number of rotatable bonds is 4. The Hall–Kier alpha value is -1.76. The molecule has 18 heavy (non-hydrogen) atoms. The van der Waals surface area contributed by atoms with Crippen LogP contribution in [-0.2, 0) is 4.57 Å². The number of benzene rings is 1. The van der Waals surface area contributed by atoms with E-state index in [1.807, 2.05) is 0 Å². The van der Waals surface area contributed by atoms with Crippen molar-refractivity contribution in [3.63, 3.8) is 0 Å². The molecule has 0 bridgehead atoms. The molecule has 0 fully saturated rings. The maximum atomic E-state index is 12.2. The zero-order valence-electron chi connectivity index (χ0n) is 10.3. The molecule has 0 saturated heterocycles. The van der Waals surface area contributed by atoms with Crippen molar-refractivity contribution in [2.24, 2.45) is 0 Å². The predicted molar refractivity (Wildman–Crippen MR) is 74.6 cm³/mol. The van der Waals surface area contributed by atoms with Crippen LogP contribution in [0.1, 0.15) is 5.56 Å². The molecule has 0 radical (unpaired) electrons. The second-order valence-electron chi connectivity index (χ2n) is 4.10. The van der Waals surface area contributed by atoms with Gasteiger partial charge >= 0.3 is 0 Å². The minimum absolute atomic E-state index is 0.176. The molecular formula is C12H16N3O2P. The molecule has 0 aliphatic carbocycles. The highest BCUT2D eigenvalue weighted by atomic mass is 31.2. The smallest absolute Gasteiger partial charge is 0.151 e. The number of anilines is 1. The third-order valence-corrected chi connectivity index (χ3v) is 3.90. The first-order valence-electron chi connectivity index (χ1n) is 5.26. The molecule has 0 aliphatic heterocycles. The summed E-state index contributed by atoms with van der Waals surface area (Å²) in [4.78, 5) is 0. The van der Waals surface area contributed by atoms with Gasteiger partial charge in [-0.2, -0.15) is 0 Å². The molecule has 0 heterocycles. The summed E-state index contributed by atoms with van der Waals surface area (Å²) < 4.78 is 12.2.